The van der Waals surface area contributed by atoms with Gasteiger partial charge in [-0.25, -0.2) is 0 Å². The lowest BCUT2D eigenvalue weighted by Crippen LogP contribution is -2.36. The van der Waals surface area contributed by atoms with Gasteiger partial charge in [0.1, 0.15) is 24.2 Å². The van der Waals surface area contributed by atoms with Gasteiger partial charge in [-0.2, -0.15) is 0 Å². The third-order valence-corrected chi connectivity index (χ3v) is 8.06. The SMILES string of the molecule is COCOCc1ccccc1C1Cn2cc(C(=O)NCc3ccc(Cl)cc3)c(=O)c3cc(CN4CCOCC4)cc(c32)O1. The molecule has 6 rings (SSSR count). The third-order valence-electron chi connectivity index (χ3n) is 7.81. The molecule has 0 bridgehead atoms. The molecule has 1 amide bonds. The number of nitrogens with zero attached hydrogens (tertiary/aromatic N) is 2. The minimum atomic E-state index is -0.429. The van der Waals surface area contributed by atoms with Crippen molar-refractivity contribution in [3.63, 3.8) is 0 Å². The summed E-state index contributed by atoms with van der Waals surface area (Å²) in [7, 11) is 1.59. The van der Waals surface area contributed by atoms with Gasteiger partial charge in [-0.05, 0) is 46.5 Å². The Hall–Kier alpha value is -3.73. The number of morpholine rings is 1. The number of hydrogen-bond acceptors (Lipinski definition) is 7. The molecule has 3 aromatic carbocycles. The maximum absolute atomic E-state index is 13.9. The zero-order valence-corrected chi connectivity index (χ0v) is 24.8. The number of carbonyl (C=O) groups is 1. The smallest absolute Gasteiger partial charge is 0.257 e. The highest BCUT2D eigenvalue weighted by Gasteiger charge is 2.28. The Balaban J connectivity index is 1.37. The van der Waals surface area contributed by atoms with Crippen molar-refractivity contribution in [3.8, 4) is 5.75 Å². The molecule has 2 aliphatic rings. The Morgan fingerprint density at radius 1 is 1.07 bits per heavy atom. The number of carbonyl (C=O) groups excluding carboxylic acids is 1. The van der Waals surface area contributed by atoms with E-state index in [2.05, 4.69) is 10.2 Å². The van der Waals surface area contributed by atoms with Crippen molar-refractivity contribution in [2.45, 2.75) is 32.3 Å². The van der Waals surface area contributed by atoms with Gasteiger partial charge < -0.3 is 28.8 Å². The van der Waals surface area contributed by atoms with Crippen LogP contribution in [0, 0.1) is 0 Å². The number of benzene rings is 3. The lowest BCUT2D eigenvalue weighted by molar-refractivity contribution is -0.0396. The molecule has 0 spiro atoms. The van der Waals surface area contributed by atoms with Crippen molar-refractivity contribution >= 4 is 28.4 Å². The summed E-state index contributed by atoms with van der Waals surface area (Å²) in [5, 5.41) is 4.00. The zero-order chi connectivity index (χ0) is 29.8. The van der Waals surface area contributed by atoms with Crippen molar-refractivity contribution in [1.29, 1.82) is 0 Å². The molecule has 43 heavy (non-hydrogen) atoms. The van der Waals surface area contributed by atoms with Gasteiger partial charge in [0.2, 0.25) is 5.43 Å². The molecule has 0 saturated carbocycles. The Morgan fingerprint density at radius 3 is 2.65 bits per heavy atom. The minimum absolute atomic E-state index is 0.0910. The maximum atomic E-state index is 13.9. The fraction of sp³-hybridized carbons (Fsp3) is 0.333. The molecule has 3 heterocycles. The van der Waals surface area contributed by atoms with Gasteiger partial charge in [0.15, 0.2) is 0 Å². The summed E-state index contributed by atoms with van der Waals surface area (Å²) in [6, 6.07) is 19.1. The number of methoxy groups -OCH3 is 1. The second-order valence-electron chi connectivity index (χ2n) is 10.8. The van der Waals surface area contributed by atoms with Crippen LogP contribution >= 0.6 is 11.6 Å². The number of aromatic nitrogens is 1. The summed E-state index contributed by atoms with van der Waals surface area (Å²) in [5.41, 5.74) is 4.25. The number of nitrogens with one attached hydrogen (secondary N) is 1. The number of rotatable bonds is 10. The van der Waals surface area contributed by atoms with Crippen LogP contribution < -0.4 is 15.5 Å². The van der Waals surface area contributed by atoms with Crippen molar-refractivity contribution < 1.29 is 23.7 Å². The summed E-state index contributed by atoms with van der Waals surface area (Å²) < 4.78 is 24.9. The standard InChI is InChI=1S/C33H34ClN3O6/c1-40-21-42-20-24-4-2-3-5-26(24)30-19-37-18-28(33(39)35-16-22-6-8-25(34)9-7-22)32(38)27-14-23(15-29(43-30)31(27)37)17-36-10-12-41-13-11-36/h2-9,14-15,18,30H,10-13,16-17,19-21H2,1H3,(H,35,39). The molecule has 1 unspecified atom stereocenters. The highest BCUT2D eigenvalue weighted by Crippen LogP contribution is 2.37. The van der Waals surface area contributed by atoms with E-state index in [1.165, 1.54) is 0 Å². The number of hydrogen-bond donors (Lipinski definition) is 1. The van der Waals surface area contributed by atoms with Crippen LogP contribution in [-0.4, -0.2) is 55.6 Å². The van der Waals surface area contributed by atoms with Gasteiger partial charge in [0, 0.05) is 44.5 Å². The molecule has 1 fully saturated rings. The number of ether oxygens (including phenoxy) is 4. The maximum Gasteiger partial charge on any atom is 0.257 e. The average Bonchev–Trinajstić information content (AvgIpc) is 3.03. The predicted molar refractivity (Wildman–Crippen MR) is 163 cm³/mol. The van der Waals surface area contributed by atoms with Gasteiger partial charge in [-0.3, -0.25) is 14.5 Å². The first-order valence-corrected chi connectivity index (χ1v) is 14.7. The predicted octanol–water partition coefficient (Wildman–Crippen LogP) is 4.67. The highest BCUT2D eigenvalue weighted by atomic mass is 35.5. The number of halogens is 1. The summed E-state index contributed by atoms with van der Waals surface area (Å²) in [5.74, 6) is 0.192. The molecule has 1 N–H and O–H groups in total. The Kier molecular flexibility index (Phi) is 9.06. The Labute approximate surface area is 254 Å². The topological polar surface area (TPSA) is 91.3 Å². The van der Waals surface area contributed by atoms with E-state index in [-0.39, 0.29) is 30.4 Å². The molecule has 1 atom stereocenters. The summed E-state index contributed by atoms with van der Waals surface area (Å²) in [4.78, 5) is 29.6. The largest absolute Gasteiger partial charge is 0.482 e. The second kappa shape index (κ2) is 13.3. The molecule has 1 saturated heterocycles. The minimum Gasteiger partial charge on any atom is -0.482 e. The Morgan fingerprint density at radius 2 is 1.86 bits per heavy atom. The first-order chi connectivity index (χ1) is 21.0. The lowest BCUT2D eigenvalue weighted by Gasteiger charge is -2.31. The molecule has 1 aromatic heterocycles. The van der Waals surface area contributed by atoms with Crippen LogP contribution in [0.25, 0.3) is 10.9 Å². The van der Waals surface area contributed by atoms with Crippen molar-refractivity contribution in [2.24, 2.45) is 0 Å². The first-order valence-electron chi connectivity index (χ1n) is 14.3. The van der Waals surface area contributed by atoms with E-state index in [0.29, 0.717) is 54.6 Å². The summed E-state index contributed by atoms with van der Waals surface area (Å²) in [6.45, 7) is 4.85. The zero-order valence-electron chi connectivity index (χ0n) is 24.0. The third kappa shape index (κ3) is 6.61. The van der Waals surface area contributed by atoms with Crippen LogP contribution in [0.1, 0.15) is 38.7 Å². The Bertz CT molecular complexity index is 1670. The molecule has 2 aliphatic heterocycles. The molecule has 224 valence electrons. The van der Waals surface area contributed by atoms with E-state index in [4.69, 9.17) is 30.5 Å². The number of pyridine rings is 1. The normalized spacial score (nSPS) is 16.7. The van der Waals surface area contributed by atoms with Crippen molar-refractivity contribution in [1.82, 2.24) is 14.8 Å². The molecule has 0 aliphatic carbocycles. The van der Waals surface area contributed by atoms with Crippen molar-refractivity contribution in [3.05, 3.63) is 110 Å². The molecule has 0 radical (unpaired) electrons. The van der Waals surface area contributed by atoms with E-state index in [9.17, 15) is 9.59 Å². The summed E-state index contributed by atoms with van der Waals surface area (Å²) >= 11 is 6.01. The van der Waals surface area contributed by atoms with Crippen LogP contribution in [0.2, 0.25) is 5.02 Å². The number of amides is 1. The quantitative estimate of drug-likeness (QED) is 0.208. The monoisotopic (exact) mass is 603 g/mol. The van der Waals surface area contributed by atoms with E-state index < -0.39 is 5.91 Å². The van der Waals surface area contributed by atoms with E-state index in [0.717, 1.165) is 35.3 Å². The molecular formula is C33H34ClN3O6. The fourth-order valence-electron chi connectivity index (χ4n) is 5.69. The van der Waals surface area contributed by atoms with E-state index >= 15 is 0 Å². The second-order valence-corrected chi connectivity index (χ2v) is 11.2. The summed E-state index contributed by atoms with van der Waals surface area (Å²) in [6.07, 6.45) is 1.30. The molecule has 10 heteroatoms. The fourth-order valence-corrected chi connectivity index (χ4v) is 5.81. The van der Waals surface area contributed by atoms with Gasteiger partial charge in [-0.1, -0.05) is 48.0 Å². The van der Waals surface area contributed by atoms with Gasteiger partial charge in [0.05, 0.1) is 37.3 Å². The molecule has 9 nitrogen and oxygen atoms in total. The first kappa shape index (κ1) is 29.3. The van der Waals surface area contributed by atoms with Crippen molar-refractivity contribution in [2.75, 3.05) is 40.2 Å². The van der Waals surface area contributed by atoms with E-state index in [1.54, 1.807) is 25.4 Å². The van der Waals surface area contributed by atoms with Crippen LogP contribution in [-0.2, 0) is 40.5 Å². The highest BCUT2D eigenvalue weighted by molar-refractivity contribution is 6.30. The van der Waals surface area contributed by atoms with Gasteiger partial charge in [-0.15, -0.1) is 0 Å². The molecular weight excluding hydrogens is 570 g/mol. The molecule has 4 aromatic rings. The van der Waals surface area contributed by atoms with Gasteiger partial charge >= 0.3 is 0 Å². The van der Waals surface area contributed by atoms with Crippen LogP contribution in [0.3, 0.4) is 0 Å². The lowest BCUT2D eigenvalue weighted by atomic mass is 9.99. The van der Waals surface area contributed by atoms with Crippen LogP contribution in [0.5, 0.6) is 5.75 Å². The van der Waals surface area contributed by atoms with E-state index in [1.807, 2.05) is 53.1 Å². The average molecular weight is 604 g/mol. The van der Waals surface area contributed by atoms with Crippen LogP contribution in [0.4, 0.5) is 0 Å². The van der Waals surface area contributed by atoms with Crippen LogP contribution in [0.15, 0.2) is 71.7 Å². The van der Waals surface area contributed by atoms with Gasteiger partial charge in [0.25, 0.3) is 5.91 Å².